The molecule has 0 spiro atoms. The van der Waals surface area contributed by atoms with Crippen molar-refractivity contribution in [2.45, 2.75) is 12.8 Å². The van der Waals surface area contributed by atoms with Gasteiger partial charge < -0.3 is 15.8 Å². The molecule has 0 aliphatic carbocycles. The highest BCUT2D eigenvalue weighted by Gasteiger charge is 2.09. The lowest BCUT2D eigenvalue weighted by Gasteiger charge is -2.00. The van der Waals surface area contributed by atoms with Gasteiger partial charge in [-0.25, -0.2) is 9.97 Å². The first-order chi connectivity index (χ1) is 7.16. The smallest absolute Gasteiger partial charge is 0.303 e. The van der Waals surface area contributed by atoms with E-state index in [1.54, 1.807) is 0 Å². The first kappa shape index (κ1) is 9.38. The lowest BCUT2D eigenvalue weighted by atomic mass is 10.2. The Bertz CT molecular complexity index is 507. The van der Waals surface area contributed by atoms with Crippen LogP contribution in [0.15, 0.2) is 6.33 Å². The van der Waals surface area contributed by atoms with Gasteiger partial charge in [-0.1, -0.05) is 0 Å². The Morgan fingerprint density at radius 1 is 1.53 bits per heavy atom. The first-order valence-electron chi connectivity index (χ1n) is 4.34. The standard InChI is InChI=1S/C8H9N5O2/c9-8-12-4(1-2-5(14)15)6-7(13-8)11-3-10-6/h3H,1-2H2,(H,14,15)(H3,9,10,11,12,13). The highest BCUT2D eigenvalue weighted by molar-refractivity contribution is 5.75. The number of carbonyl (C=O) groups is 1. The van der Waals surface area contributed by atoms with Gasteiger partial charge in [-0.05, 0) is 0 Å². The summed E-state index contributed by atoms with van der Waals surface area (Å²) in [5.74, 6) is -0.769. The molecule has 0 aliphatic rings. The van der Waals surface area contributed by atoms with Gasteiger partial charge in [-0.2, -0.15) is 4.98 Å². The zero-order valence-electron chi connectivity index (χ0n) is 7.77. The summed E-state index contributed by atoms with van der Waals surface area (Å²) in [5.41, 5.74) is 7.15. The van der Waals surface area contributed by atoms with Crippen molar-refractivity contribution < 1.29 is 9.90 Å². The zero-order valence-corrected chi connectivity index (χ0v) is 7.77. The molecule has 2 heterocycles. The van der Waals surface area contributed by atoms with Crippen LogP contribution < -0.4 is 5.73 Å². The summed E-state index contributed by atoms with van der Waals surface area (Å²) in [4.78, 5) is 25.1. The number of carboxylic acid groups (broad SMARTS) is 1. The second-order valence-electron chi connectivity index (χ2n) is 3.02. The molecule has 0 aliphatic heterocycles. The van der Waals surface area contributed by atoms with Gasteiger partial charge in [0.25, 0.3) is 0 Å². The Balaban J connectivity index is 2.39. The van der Waals surface area contributed by atoms with Crippen LogP contribution in [-0.4, -0.2) is 31.0 Å². The minimum atomic E-state index is -0.875. The fourth-order valence-electron chi connectivity index (χ4n) is 1.32. The van der Waals surface area contributed by atoms with Crippen molar-refractivity contribution in [3.05, 3.63) is 12.0 Å². The first-order valence-corrected chi connectivity index (χ1v) is 4.34. The van der Waals surface area contributed by atoms with Gasteiger partial charge in [0.15, 0.2) is 5.65 Å². The summed E-state index contributed by atoms with van der Waals surface area (Å²) >= 11 is 0. The van der Waals surface area contributed by atoms with Gasteiger partial charge in [-0.15, -0.1) is 0 Å². The molecular weight excluding hydrogens is 198 g/mol. The van der Waals surface area contributed by atoms with Crippen LogP contribution in [0.1, 0.15) is 12.1 Å². The third-order valence-corrected chi connectivity index (χ3v) is 1.95. The third-order valence-electron chi connectivity index (χ3n) is 1.95. The highest BCUT2D eigenvalue weighted by atomic mass is 16.4. The van der Waals surface area contributed by atoms with E-state index < -0.39 is 5.97 Å². The van der Waals surface area contributed by atoms with Crippen molar-refractivity contribution in [3.8, 4) is 0 Å². The maximum Gasteiger partial charge on any atom is 0.303 e. The van der Waals surface area contributed by atoms with Crippen LogP contribution in [0.2, 0.25) is 0 Å². The lowest BCUT2D eigenvalue weighted by molar-refractivity contribution is -0.136. The number of aliphatic carboxylic acids is 1. The topological polar surface area (TPSA) is 118 Å². The number of nitrogens with two attached hydrogens (primary N) is 1. The van der Waals surface area contributed by atoms with Gasteiger partial charge in [0.2, 0.25) is 5.95 Å². The number of H-pyrrole nitrogens is 1. The molecule has 4 N–H and O–H groups in total. The molecule has 15 heavy (non-hydrogen) atoms. The number of fused-ring (bicyclic) bond motifs is 1. The number of hydrogen-bond acceptors (Lipinski definition) is 5. The van der Waals surface area contributed by atoms with E-state index in [2.05, 4.69) is 19.9 Å². The number of nitrogen functional groups attached to an aromatic ring is 1. The molecule has 0 aromatic carbocycles. The Morgan fingerprint density at radius 3 is 3.07 bits per heavy atom. The maximum absolute atomic E-state index is 10.4. The van der Waals surface area contributed by atoms with Crippen molar-refractivity contribution in [2.75, 3.05) is 5.73 Å². The third kappa shape index (κ3) is 1.85. The molecule has 2 aromatic rings. The number of aryl methyl sites for hydroxylation is 1. The molecule has 0 unspecified atom stereocenters. The van der Waals surface area contributed by atoms with E-state index in [0.29, 0.717) is 23.3 Å². The number of imidazole rings is 1. The van der Waals surface area contributed by atoms with Gasteiger partial charge in [0.05, 0.1) is 18.4 Å². The summed E-state index contributed by atoms with van der Waals surface area (Å²) in [7, 11) is 0. The summed E-state index contributed by atoms with van der Waals surface area (Å²) in [6, 6.07) is 0. The molecule has 0 atom stereocenters. The van der Waals surface area contributed by atoms with Crippen LogP contribution in [0.5, 0.6) is 0 Å². The number of rotatable bonds is 3. The summed E-state index contributed by atoms with van der Waals surface area (Å²) in [6.45, 7) is 0. The molecule has 2 aromatic heterocycles. The molecule has 0 bridgehead atoms. The number of aromatic nitrogens is 4. The zero-order chi connectivity index (χ0) is 10.8. The van der Waals surface area contributed by atoms with Crippen LogP contribution >= 0.6 is 0 Å². The van der Waals surface area contributed by atoms with Gasteiger partial charge in [0.1, 0.15) is 5.52 Å². The predicted molar refractivity (Wildman–Crippen MR) is 52.1 cm³/mol. The monoisotopic (exact) mass is 207 g/mol. The average molecular weight is 207 g/mol. The number of carboxylic acids is 1. The summed E-state index contributed by atoms with van der Waals surface area (Å²) in [6.07, 6.45) is 1.79. The van der Waals surface area contributed by atoms with E-state index in [9.17, 15) is 4.79 Å². The molecule has 78 valence electrons. The molecule has 0 fully saturated rings. The Morgan fingerprint density at radius 2 is 2.33 bits per heavy atom. The van der Waals surface area contributed by atoms with E-state index in [4.69, 9.17) is 10.8 Å². The molecule has 7 nitrogen and oxygen atoms in total. The van der Waals surface area contributed by atoms with Gasteiger partial charge in [0, 0.05) is 6.42 Å². The number of aromatic amines is 1. The normalized spacial score (nSPS) is 10.7. The number of hydrogen-bond donors (Lipinski definition) is 3. The molecule has 0 radical (unpaired) electrons. The SMILES string of the molecule is Nc1nc(CCC(=O)O)c2[nH]cnc2n1. The van der Waals surface area contributed by atoms with Crippen LogP contribution in [0.25, 0.3) is 11.2 Å². The number of anilines is 1. The molecule has 0 saturated heterocycles. The van der Waals surface area contributed by atoms with E-state index >= 15 is 0 Å². The predicted octanol–water partition coefficient (Wildman–Crippen LogP) is -0.0477. The molecule has 7 heteroatoms. The van der Waals surface area contributed by atoms with Crippen molar-refractivity contribution in [2.24, 2.45) is 0 Å². The fourth-order valence-corrected chi connectivity index (χ4v) is 1.32. The largest absolute Gasteiger partial charge is 0.481 e. The quantitative estimate of drug-likeness (QED) is 0.649. The second kappa shape index (κ2) is 3.52. The summed E-state index contributed by atoms with van der Waals surface area (Å²) < 4.78 is 0. The van der Waals surface area contributed by atoms with Crippen molar-refractivity contribution in [1.82, 2.24) is 19.9 Å². The Labute approximate surface area is 84.4 Å². The van der Waals surface area contributed by atoms with Gasteiger partial charge in [-0.3, -0.25) is 4.79 Å². The average Bonchev–Trinajstić information content (AvgIpc) is 2.61. The van der Waals surface area contributed by atoms with E-state index in [1.807, 2.05) is 0 Å². The van der Waals surface area contributed by atoms with E-state index in [1.165, 1.54) is 6.33 Å². The maximum atomic E-state index is 10.4. The van der Waals surface area contributed by atoms with Crippen LogP contribution in [-0.2, 0) is 11.2 Å². The van der Waals surface area contributed by atoms with Crippen molar-refractivity contribution in [1.29, 1.82) is 0 Å². The van der Waals surface area contributed by atoms with Crippen molar-refractivity contribution in [3.63, 3.8) is 0 Å². The highest BCUT2D eigenvalue weighted by Crippen LogP contribution is 2.13. The molecule has 0 amide bonds. The van der Waals surface area contributed by atoms with E-state index in [0.717, 1.165) is 0 Å². The second-order valence-corrected chi connectivity index (χ2v) is 3.02. The van der Waals surface area contributed by atoms with Crippen molar-refractivity contribution >= 4 is 23.1 Å². The van der Waals surface area contributed by atoms with E-state index in [-0.39, 0.29) is 12.4 Å². The molecule has 0 saturated carbocycles. The minimum absolute atomic E-state index is 0.00454. The van der Waals surface area contributed by atoms with Crippen LogP contribution in [0.4, 0.5) is 5.95 Å². The minimum Gasteiger partial charge on any atom is -0.481 e. The molecular formula is C8H9N5O2. The fraction of sp³-hybridized carbons (Fsp3) is 0.250. The van der Waals surface area contributed by atoms with Crippen LogP contribution in [0.3, 0.4) is 0 Å². The van der Waals surface area contributed by atoms with Gasteiger partial charge >= 0.3 is 5.97 Å². The number of nitrogens with zero attached hydrogens (tertiary/aromatic N) is 3. The lowest BCUT2D eigenvalue weighted by Crippen LogP contribution is -2.04. The van der Waals surface area contributed by atoms with Crippen LogP contribution in [0, 0.1) is 0 Å². The molecule has 2 rings (SSSR count). The number of nitrogens with one attached hydrogen (secondary N) is 1. The Kier molecular flexibility index (Phi) is 2.20. The Hall–Kier alpha value is -2.18. The summed E-state index contributed by atoms with van der Waals surface area (Å²) in [5, 5.41) is 8.57.